The van der Waals surface area contributed by atoms with Gasteiger partial charge in [0, 0.05) is 0 Å². The molecule has 0 heterocycles. The van der Waals surface area contributed by atoms with Gasteiger partial charge < -0.3 is 9.79 Å². The maximum atomic E-state index is 9.35. The van der Waals surface area contributed by atoms with E-state index in [1.165, 1.54) is 0 Å². The van der Waals surface area contributed by atoms with Crippen LogP contribution in [0.5, 0.6) is 0 Å². The molecule has 5 nitrogen and oxygen atoms in total. The second-order valence-corrected chi connectivity index (χ2v) is 1.79. The summed E-state index contributed by atoms with van der Waals surface area (Å²) >= 11 is 0. The van der Waals surface area contributed by atoms with Gasteiger partial charge in [-0.3, -0.25) is 0 Å². The van der Waals surface area contributed by atoms with Crippen LogP contribution < -0.4 is 5.90 Å². The molecule has 0 radical (unpaired) electrons. The molecule has 0 aromatic carbocycles. The molecule has 0 spiro atoms. The van der Waals surface area contributed by atoms with E-state index >= 15 is 0 Å². The summed E-state index contributed by atoms with van der Waals surface area (Å²) in [6, 6.07) is 0. The van der Waals surface area contributed by atoms with Crippen LogP contribution in [0, 0.1) is 0 Å². The maximum absolute atomic E-state index is 9.35. The molecule has 7 heteroatoms. The molecule has 0 bridgehead atoms. The summed E-state index contributed by atoms with van der Waals surface area (Å²) < 4.78 is 12.5. The number of hydrogen-bond donors (Lipinski definition) is 3. The Balaban J connectivity index is 0. The monoisotopic (exact) mass is 137 g/mol. The van der Waals surface area contributed by atoms with Crippen LogP contribution in [0.25, 0.3) is 0 Å². The minimum absolute atomic E-state index is 0. The molecule has 0 aliphatic rings. The van der Waals surface area contributed by atoms with Gasteiger partial charge in [-0.2, -0.15) is 0 Å². The summed E-state index contributed by atoms with van der Waals surface area (Å²) in [5, 5.41) is 0. The van der Waals surface area contributed by atoms with Gasteiger partial charge in [0.05, 0.1) is 0 Å². The number of nitrogens with two attached hydrogens (primary N) is 1. The molecule has 0 saturated carbocycles. The van der Waals surface area contributed by atoms with E-state index in [1.54, 1.807) is 0 Å². The van der Waals surface area contributed by atoms with Crippen molar-refractivity contribution in [3.63, 3.8) is 0 Å². The number of phosphoric acid groups is 1. The first-order valence-corrected chi connectivity index (χ1v) is 2.53. The zero-order valence-corrected chi connectivity index (χ0v) is 3.63. The Morgan fingerprint density at radius 1 is 1.57 bits per heavy atom. The first-order valence-electron chi connectivity index (χ1n) is 1.00. The predicted octanol–water partition coefficient (Wildman–Crippen LogP) is -1.68. The van der Waals surface area contributed by atoms with Crippen LogP contribution in [0.4, 0.5) is 0 Å². The average Bonchev–Trinajstić information content (AvgIpc) is 1.35. The molecule has 0 rings (SSSR count). The van der Waals surface area contributed by atoms with Crippen LogP contribution in [0.15, 0.2) is 0 Å². The number of rotatable bonds is 1. The second-order valence-electron chi connectivity index (χ2n) is 0.596. The van der Waals surface area contributed by atoms with E-state index < -0.39 is 7.82 Å². The quantitative estimate of drug-likeness (QED) is 0.228. The van der Waals surface area contributed by atoms with Crippen molar-refractivity contribution in [2.45, 2.75) is 0 Å². The summed E-state index contributed by atoms with van der Waals surface area (Å²) in [7, 11) is -4.37. The standard InChI is InChI=1S/H4NO4P.Na.H/c1-5-6(2,3)4;;/h1H2,(H2,2,3,4);;. The van der Waals surface area contributed by atoms with Gasteiger partial charge in [-0.05, 0) is 0 Å². The van der Waals surface area contributed by atoms with Gasteiger partial charge >= 0.3 is 37.4 Å². The summed E-state index contributed by atoms with van der Waals surface area (Å²) in [6.07, 6.45) is 0. The van der Waals surface area contributed by atoms with Crippen molar-refractivity contribution < 1.29 is 19.0 Å². The van der Waals surface area contributed by atoms with Crippen molar-refractivity contribution in [2.75, 3.05) is 0 Å². The molecule has 0 amide bonds. The Morgan fingerprint density at radius 2 is 1.71 bits per heavy atom. The second kappa shape index (κ2) is 4.00. The molecular formula is H5NNaO4P. The molecule has 40 valence electrons. The Morgan fingerprint density at radius 3 is 1.71 bits per heavy atom. The molecule has 0 saturated heterocycles. The zero-order chi connectivity index (χ0) is 5.21. The van der Waals surface area contributed by atoms with Crippen LogP contribution in [-0.2, 0) is 9.19 Å². The topological polar surface area (TPSA) is 92.8 Å². The van der Waals surface area contributed by atoms with E-state index in [2.05, 4.69) is 10.5 Å². The fraction of sp³-hybridized carbons (Fsp3) is 0. The van der Waals surface area contributed by atoms with E-state index in [1.807, 2.05) is 0 Å². The molecule has 4 N–H and O–H groups in total. The molecule has 0 fully saturated rings. The molecule has 0 aromatic rings. The van der Waals surface area contributed by atoms with E-state index in [0.717, 1.165) is 0 Å². The summed E-state index contributed by atoms with van der Waals surface area (Å²) in [4.78, 5) is 15.2. The van der Waals surface area contributed by atoms with E-state index in [4.69, 9.17) is 9.79 Å². The van der Waals surface area contributed by atoms with Gasteiger partial charge in [0.2, 0.25) is 0 Å². The van der Waals surface area contributed by atoms with Crippen molar-refractivity contribution in [3.8, 4) is 0 Å². The summed E-state index contributed by atoms with van der Waals surface area (Å²) in [6.45, 7) is 0. The number of hydrogen-bond acceptors (Lipinski definition) is 3. The average molecular weight is 137 g/mol. The summed E-state index contributed by atoms with van der Waals surface area (Å²) in [5.74, 6) is 4.04. The van der Waals surface area contributed by atoms with Gasteiger partial charge in [-0.15, -0.1) is 0 Å². The Bertz CT molecular complexity index is 75.8. The van der Waals surface area contributed by atoms with Gasteiger partial charge in [-0.25, -0.2) is 15.1 Å². The van der Waals surface area contributed by atoms with Crippen molar-refractivity contribution >= 4 is 37.4 Å². The summed E-state index contributed by atoms with van der Waals surface area (Å²) in [5.41, 5.74) is 0. The molecule has 0 aromatic heterocycles. The van der Waals surface area contributed by atoms with Crippen molar-refractivity contribution in [3.05, 3.63) is 0 Å². The molecule has 0 aliphatic heterocycles. The van der Waals surface area contributed by atoms with E-state index in [-0.39, 0.29) is 29.6 Å². The first kappa shape index (κ1) is 10.9. The Labute approximate surface area is 62.3 Å². The van der Waals surface area contributed by atoms with E-state index in [9.17, 15) is 4.57 Å². The van der Waals surface area contributed by atoms with Gasteiger partial charge in [0.25, 0.3) is 0 Å². The Hall–Kier alpha value is 1.07. The van der Waals surface area contributed by atoms with Crippen LogP contribution in [0.1, 0.15) is 0 Å². The minimum atomic E-state index is -4.37. The molecule has 0 aliphatic carbocycles. The van der Waals surface area contributed by atoms with Crippen LogP contribution in [-0.4, -0.2) is 39.3 Å². The molecule has 0 unspecified atom stereocenters. The van der Waals surface area contributed by atoms with E-state index in [0.29, 0.717) is 0 Å². The Kier molecular flexibility index (Phi) is 6.26. The van der Waals surface area contributed by atoms with Crippen molar-refractivity contribution in [2.24, 2.45) is 5.90 Å². The van der Waals surface area contributed by atoms with Gasteiger partial charge in [0.15, 0.2) is 0 Å². The third-order valence-electron chi connectivity index (χ3n) is 0.137. The van der Waals surface area contributed by atoms with Gasteiger partial charge in [-0.1, -0.05) is 0 Å². The molecule has 7 heavy (non-hydrogen) atoms. The van der Waals surface area contributed by atoms with Crippen LogP contribution >= 0.6 is 7.82 Å². The first-order chi connectivity index (χ1) is 2.56. The van der Waals surface area contributed by atoms with Crippen molar-refractivity contribution in [1.29, 1.82) is 0 Å². The predicted molar refractivity (Wildman–Crippen MR) is 24.5 cm³/mol. The van der Waals surface area contributed by atoms with Crippen LogP contribution in [0.2, 0.25) is 0 Å². The fourth-order valence-electron chi connectivity index (χ4n) is 0. The molecular weight excluding hydrogens is 132 g/mol. The van der Waals surface area contributed by atoms with Gasteiger partial charge in [0.1, 0.15) is 0 Å². The fourth-order valence-corrected chi connectivity index (χ4v) is 0. The van der Waals surface area contributed by atoms with Crippen molar-refractivity contribution in [1.82, 2.24) is 0 Å². The normalized spacial score (nSPS) is 10.1. The third-order valence-corrected chi connectivity index (χ3v) is 0.412. The zero-order valence-electron chi connectivity index (χ0n) is 2.74. The van der Waals surface area contributed by atoms with Crippen LogP contribution in [0.3, 0.4) is 0 Å². The molecule has 0 atom stereocenters. The SMILES string of the molecule is NOP(=O)(O)O.[NaH]. The third kappa shape index (κ3) is 11.0.